The predicted molar refractivity (Wildman–Crippen MR) is 79.9 cm³/mol. The quantitative estimate of drug-likeness (QED) is 0.487. The van der Waals surface area contributed by atoms with Crippen LogP contribution in [-0.2, 0) is 12.0 Å². The van der Waals surface area contributed by atoms with Gasteiger partial charge in [-0.2, -0.15) is 0 Å². The minimum atomic E-state index is -0.158. The summed E-state index contributed by atoms with van der Waals surface area (Å²) < 4.78 is 1.78. The van der Waals surface area contributed by atoms with Gasteiger partial charge in [-0.3, -0.25) is 10.2 Å². The summed E-state index contributed by atoms with van der Waals surface area (Å²) in [5.41, 5.74) is 6.52. The number of rotatable bonds is 5. The molecule has 1 rings (SSSR count). The summed E-state index contributed by atoms with van der Waals surface area (Å²) in [5, 5.41) is 7.48. The van der Waals surface area contributed by atoms with E-state index in [-0.39, 0.29) is 16.8 Å². The SMILES string of the molecule is CCCCCn1c(C(C)(C)C)ccc(C(=N)N)c1=O. The number of nitrogens with one attached hydrogen (secondary N) is 1. The second-order valence-electron chi connectivity index (χ2n) is 5.96. The maximum Gasteiger partial charge on any atom is 0.261 e. The van der Waals surface area contributed by atoms with Crippen molar-refractivity contribution in [1.29, 1.82) is 5.41 Å². The van der Waals surface area contributed by atoms with Crippen LogP contribution < -0.4 is 11.3 Å². The van der Waals surface area contributed by atoms with Crippen LogP contribution in [0, 0.1) is 5.41 Å². The second-order valence-corrected chi connectivity index (χ2v) is 5.96. The van der Waals surface area contributed by atoms with Crippen LogP contribution in [0.15, 0.2) is 16.9 Å². The molecule has 0 radical (unpaired) electrons. The number of nitrogens with two attached hydrogens (primary N) is 1. The fraction of sp³-hybridized carbons (Fsp3) is 0.600. The van der Waals surface area contributed by atoms with E-state index in [1.54, 1.807) is 10.6 Å². The Morgan fingerprint density at radius 1 is 1.32 bits per heavy atom. The molecule has 1 heterocycles. The largest absolute Gasteiger partial charge is 0.384 e. The van der Waals surface area contributed by atoms with Gasteiger partial charge in [-0.25, -0.2) is 0 Å². The minimum Gasteiger partial charge on any atom is -0.384 e. The fourth-order valence-corrected chi connectivity index (χ4v) is 2.18. The molecular weight excluding hydrogens is 238 g/mol. The Balaban J connectivity index is 3.30. The normalized spacial score (nSPS) is 11.6. The van der Waals surface area contributed by atoms with Crippen molar-refractivity contribution in [2.24, 2.45) is 5.73 Å². The first-order chi connectivity index (χ1) is 8.79. The molecule has 0 saturated carbocycles. The summed E-state index contributed by atoms with van der Waals surface area (Å²) in [6.07, 6.45) is 3.19. The van der Waals surface area contributed by atoms with E-state index in [4.69, 9.17) is 11.1 Å². The number of hydrogen-bond acceptors (Lipinski definition) is 2. The number of amidine groups is 1. The van der Waals surface area contributed by atoms with Crippen LogP contribution in [-0.4, -0.2) is 10.4 Å². The molecule has 19 heavy (non-hydrogen) atoms. The third-order valence-corrected chi connectivity index (χ3v) is 3.22. The van der Waals surface area contributed by atoms with Crippen LogP contribution in [0.25, 0.3) is 0 Å². The van der Waals surface area contributed by atoms with Gasteiger partial charge < -0.3 is 10.3 Å². The molecule has 0 spiro atoms. The topological polar surface area (TPSA) is 71.9 Å². The molecule has 3 N–H and O–H groups in total. The van der Waals surface area contributed by atoms with Gasteiger partial charge in [0.15, 0.2) is 0 Å². The van der Waals surface area contributed by atoms with Crippen molar-refractivity contribution in [1.82, 2.24) is 4.57 Å². The molecule has 0 unspecified atom stereocenters. The summed E-state index contributed by atoms with van der Waals surface area (Å²) in [6.45, 7) is 9.10. The van der Waals surface area contributed by atoms with Gasteiger partial charge >= 0.3 is 0 Å². The Bertz CT molecular complexity index is 509. The van der Waals surface area contributed by atoms with Crippen molar-refractivity contribution < 1.29 is 0 Å². The number of nitrogens with zero attached hydrogens (tertiary/aromatic N) is 1. The van der Waals surface area contributed by atoms with E-state index in [9.17, 15) is 4.79 Å². The zero-order valence-electron chi connectivity index (χ0n) is 12.4. The van der Waals surface area contributed by atoms with Crippen molar-refractivity contribution in [3.8, 4) is 0 Å². The minimum absolute atomic E-state index is 0.0965. The first-order valence-corrected chi connectivity index (χ1v) is 6.87. The molecule has 4 heteroatoms. The highest BCUT2D eigenvalue weighted by molar-refractivity contribution is 5.94. The Labute approximate surface area is 115 Å². The van der Waals surface area contributed by atoms with E-state index in [0.717, 1.165) is 25.0 Å². The van der Waals surface area contributed by atoms with Crippen molar-refractivity contribution in [2.45, 2.75) is 58.9 Å². The average molecular weight is 263 g/mol. The van der Waals surface area contributed by atoms with Crippen molar-refractivity contribution in [3.63, 3.8) is 0 Å². The lowest BCUT2D eigenvalue weighted by Crippen LogP contribution is -2.34. The molecule has 4 nitrogen and oxygen atoms in total. The molecule has 0 amide bonds. The molecule has 0 atom stereocenters. The third-order valence-electron chi connectivity index (χ3n) is 3.22. The smallest absolute Gasteiger partial charge is 0.261 e. The molecule has 0 aliphatic heterocycles. The molecule has 0 aromatic carbocycles. The van der Waals surface area contributed by atoms with Gasteiger partial charge in [-0.15, -0.1) is 0 Å². The van der Waals surface area contributed by atoms with Gasteiger partial charge in [-0.1, -0.05) is 40.5 Å². The Morgan fingerprint density at radius 3 is 2.42 bits per heavy atom. The van der Waals surface area contributed by atoms with Crippen molar-refractivity contribution >= 4 is 5.84 Å². The lowest BCUT2D eigenvalue weighted by molar-refractivity contribution is 0.484. The van der Waals surface area contributed by atoms with Gasteiger partial charge in [-0.05, 0) is 18.6 Å². The van der Waals surface area contributed by atoms with Crippen LogP contribution in [0.2, 0.25) is 0 Å². The highest BCUT2D eigenvalue weighted by Gasteiger charge is 2.20. The van der Waals surface area contributed by atoms with E-state index in [0.29, 0.717) is 12.1 Å². The number of aromatic nitrogens is 1. The zero-order valence-corrected chi connectivity index (χ0v) is 12.4. The summed E-state index contributed by atoms with van der Waals surface area (Å²) in [7, 11) is 0. The maximum absolute atomic E-state index is 12.4. The summed E-state index contributed by atoms with van der Waals surface area (Å²) in [6, 6.07) is 3.59. The number of hydrogen-bond donors (Lipinski definition) is 2. The molecule has 106 valence electrons. The molecule has 0 fully saturated rings. The van der Waals surface area contributed by atoms with Gasteiger partial charge in [0, 0.05) is 17.7 Å². The fourth-order valence-electron chi connectivity index (χ4n) is 2.18. The van der Waals surface area contributed by atoms with E-state index in [2.05, 4.69) is 27.7 Å². The highest BCUT2D eigenvalue weighted by atomic mass is 16.1. The molecule has 1 aromatic rings. The molecule has 0 aliphatic carbocycles. The lowest BCUT2D eigenvalue weighted by atomic mass is 9.90. The average Bonchev–Trinajstić information content (AvgIpc) is 2.29. The van der Waals surface area contributed by atoms with Gasteiger partial charge in [0.1, 0.15) is 5.84 Å². The van der Waals surface area contributed by atoms with Crippen LogP contribution in [0.4, 0.5) is 0 Å². The van der Waals surface area contributed by atoms with Crippen LogP contribution >= 0.6 is 0 Å². The molecule has 1 aromatic heterocycles. The summed E-state index contributed by atoms with van der Waals surface area (Å²) in [5.74, 6) is -0.158. The molecule has 0 aliphatic rings. The molecular formula is C15H25N3O. The first kappa shape index (κ1) is 15.5. The number of pyridine rings is 1. The van der Waals surface area contributed by atoms with Crippen LogP contribution in [0.5, 0.6) is 0 Å². The van der Waals surface area contributed by atoms with Gasteiger partial charge in [0.05, 0.1) is 5.56 Å². The van der Waals surface area contributed by atoms with Crippen LogP contribution in [0.3, 0.4) is 0 Å². The van der Waals surface area contributed by atoms with E-state index >= 15 is 0 Å². The van der Waals surface area contributed by atoms with E-state index in [1.165, 1.54) is 0 Å². The zero-order chi connectivity index (χ0) is 14.6. The third kappa shape index (κ3) is 3.69. The standard InChI is InChI=1S/C15H25N3O/c1-5-6-7-10-18-12(15(2,3)4)9-8-11(13(16)17)14(18)19/h8-9H,5-7,10H2,1-4H3,(H3,16,17). The first-order valence-electron chi connectivity index (χ1n) is 6.87. The molecule has 0 bridgehead atoms. The van der Waals surface area contributed by atoms with Gasteiger partial charge in [0.25, 0.3) is 5.56 Å². The molecule has 0 saturated heterocycles. The van der Waals surface area contributed by atoms with E-state index < -0.39 is 0 Å². The van der Waals surface area contributed by atoms with Crippen LogP contribution in [0.1, 0.15) is 58.2 Å². The van der Waals surface area contributed by atoms with Crippen molar-refractivity contribution in [2.75, 3.05) is 0 Å². The second kappa shape index (κ2) is 6.04. The monoisotopic (exact) mass is 263 g/mol. The Kier molecular flexibility index (Phi) is 4.92. The highest BCUT2D eigenvalue weighted by Crippen LogP contribution is 2.21. The Hall–Kier alpha value is -1.58. The number of unbranched alkanes of at least 4 members (excludes halogenated alkanes) is 2. The predicted octanol–water partition coefficient (Wildman–Crippen LogP) is 2.62. The maximum atomic E-state index is 12.4. The Morgan fingerprint density at radius 2 is 1.95 bits per heavy atom. The van der Waals surface area contributed by atoms with Crippen molar-refractivity contribution in [3.05, 3.63) is 33.7 Å². The number of nitrogen functional groups attached to an aromatic ring is 1. The van der Waals surface area contributed by atoms with Gasteiger partial charge in [0.2, 0.25) is 0 Å². The summed E-state index contributed by atoms with van der Waals surface area (Å²) in [4.78, 5) is 12.4. The lowest BCUT2D eigenvalue weighted by Gasteiger charge is -2.24. The summed E-state index contributed by atoms with van der Waals surface area (Å²) >= 11 is 0. The van der Waals surface area contributed by atoms with E-state index in [1.807, 2.05) is 6.07 Å².